The van der Waals surface area contributed by atoms with Crippen LogP contribution in [-0.2, 0) is 18.0 Å². The van der Waals surface area contributed by atoms with Crippen molar-refractivity contribution in [1.82, 2.24) is 0 Å². The van der Waals surface area contributed by atoms with E-state index in [1.807, 2.05) is 62.4 Å². The van der Waals surface area contributed by atoms with E-state index < -0.39 is 0 Å². The molecule has 25 heavy (non-hydrogen) atoms. The second-order valence-electron chi connectivity index (χ2n) is 5.64. The van der Waals surface area contributed by atoms with Crippen molar-refractivity contribution in [2.45, 2.75) is 27.1 Å². The van der Waals surface area contributed by atoms with Gasteiger partial charge in [-0.25, -0.2) is 0 Å². The average Bonchev–Trinajstić information content (AvgIpc) is 2.64. The Balaban J connectivity index is 2.05. The van der Waals surface area contributed by atoms with Gasteiger partial charge in [-0.2, -0.15) is 0 Å². The molecule has 0 spiro atoms. The predicted octanol–water partition coefficient (Wildman–Crippen LogP) is 5.49. The Labute approximate surface area is 150 Å². The summed E-state index contributed by atoms with van der Waals surface area (Å²) in [6.45, 7) is 4.97. The second-order valence-corrected chi connectivity index (χ2v) is 5.64. The van der Waals surface area contributed by atoms with Gasteiger partial charge in [-0.1, -0.05) is 48.6 Å². The minimum absolute atomic E-state index is 0.485. The number of hydrogen-bond acceptors (Lipinski definition) is 3. The Morgan fingerprint density at radius 1 is 0.720 bits per heavy atom. The van der Waals surface area contributed by atoms with E-state index in [-0.39, 0.29) is 0 Å². The highest BCUT2D eigenvalue weighted by atomic mass is 16.5. The molecule has 0 aliphatic rings. The predicted molar refractivity (Wildman–Crippen MR) is 104 cm³/mol. The van der Waals surface area contributed by atoms with Gasteiger partial charge < -0.3 is 14.2 Å². The smallest absolute Gasteiger partial charge is 0.124 e. The molecule has 0 radical (unpaired) electrons. The van der Waals surface area contributed by atoms with E-state index in [9.17, 15) is 0 Å². The van der Waals surface area contributed by atoms with Crippen molar-refractivity contribution in [3.63, 3.8) is 0 Å². The van der Waals surface area contributed by atoms with Gasteiger partial charge in [0.15, 0.2) is 0 Å². The molecule has 0 fully saturated rings. The van der Waals surface area contributed by atoms with Crippen LogP contribution in [-0.4, -0.2) is 14.2 Å². The molecule has 0 saturated heterocycles. The lowest BCUT2D eigenvalue weighted by atomic mass is 10.1. The Bertz CT molecular complexity index is 681. The van der Waals surface area contributed by atoms with Crippen LogP contribution in [0.15, 0.2) is 48.6 Å². The van der Waals surface area contributed by atoms with Crippen molar-refractivity contribution in [2.75, 3.05) is 14.2 Å². The molecule has 0 saturated carbocycles. The molecule has 0 aliphatic carbocycles. The maximum atomic E-state index is 5.89. The van der Waals surface area contributed by atoms with Crippen molar-refractivity contribution < 1.29 is 14.2 Å². The molecule has 0 heterocycles. The average molecular weight is 338 g/mol. The largest absolute Gasteiger partial charge is 0.496 e. The number of ether oxygens (including phenoxy) is 3. The Hall–Kier alpha value is -2.52. The van der Waals surface area contributed by atoms with Crippen LogP contribution >= 0.6 is 0 Å². The maximum Gasteiger partial charge on any atom is 0.124 e. The van der Waals surface area contributed by atoms with E-state index in [4.69, 9.17) is 14.2 Å². The molecule has 0 bridgehead atoms. The summed E-state index contributed by atoms with van der Waals surface area (Å²) in [5.74, 6) is 1.68. The minimum atomic E-state index is 0.485. The third-order valence-electron chi connectivity index (χ3n) is 3.86. The van der Waals surface area contributed by atoms with Gasteiger partial charge in [0.25, 0.3) is 0 Å². The van der Waals surface area contributed by atoms with Gasteiger partial charge in [-0.05, 0) is 37.1 Å². The topological polar surface area (TPSA) is 27.7 Å². The molecule has 0 aliphatic heterocycles. The van der Waals surface area contributed by atoms with Crippen LogP contribution in [0.2, 0.25) is 0 Å². The summed E-state index contributed by atoms with van der Waals surface area (Å²) in [6.07, 6.45) is 8.11. The molecule has 0 amide bonds. The van der Waals surface area contributed by atoms with Gasteiger partial charge in [0, 0.05) is 11.1 Å². The molecule has 0 aromatic heterocycles. The van der Waals surface area contributed by atoms with Gasteiger partial charge in [0.05, 0.1) is 27.4 Å². The van der Waals surface area contributed by atoms with E-state index >= 15 is 0 Å². The van der Waals surface area contributed by atoms with Gasteiger partial charge in [-0.3, -0.25) is 0 Å². The van der Waals surface area contributed by atoms with Crippen molar-refractivity contribution in [3.8, 4) is 11.5 Å². The van der Waals surface area contributed by atoms with Crippen LogP contribution in [0.1, 0.15) is 36.1 Å². The molecule has 0 N–H and O–H groups in total. The van der Waals surface area contributed by atoms with Crippen LogP contribution in [0.25, 0.3) is 12.2 Å². The molecule has 2 rings (SSSR count). The van der Waals surface area contributed by atoms with Crippen molar-refractivity contribution in [3.05, 3.63) is 70.8 Å². The molecule has 3 heteroatoms. The quantitative estimate of drug-likeness (QED) is 0.637. The fourth-order valence-corrected chi connectivity index (χ4v) is 2.62. The maximum absolute atomic E-state index is 5.89. The molecule has 0 unspecified atom stereocenters. The monoisotopic (exact) mass is 338 g/mol. The Morgan fingerprint density at radius 2 is 1.16 bits per heavy atom. The first-order valence-electron chi connectivity index (χ1n) is 8.38. The highest BCUT2D eigenvalue weighted by Gasteiger charge is 2.07. The van der Waals surface area contributed by atoms with Crippen LogP contribution in [0.4, 0.5) is 0 Å². The van der Waals surface area contributed by atoms with Crippen molar-refractivity contribution in [1.29, 1.82) is 0 Å². The number of hydrogen-bond donors (Lipinski definition) is 0. The van der Waals surface area contributed by atoms with Gasteiger partial charge >= 0.3 is 0 Å². The van der Waals surface area contributed by atoms with Crippen LogP contribution in [0.3, 0.4) is 0 Å². The lowest BCUT2D eigenvalue weighted by Crippen LogP contribution is -1.99. The summed E-state index contributed by atoms with van der Waals surface area (Å²) in [4.78, 5) is 0. The van der Waals surface area contributed by atoms with E-state index in [0.29, 0.717) is 13.2 Å². The third kappa shape index (κ3) is 5.23. The number of benzene rings is 2. The van der Waals surface area contributed by atoms with E-state index in [2.05, 4.69) is 12.1 Å². The molecular weight excluding hydrogens is 312 g/mol. The zero-order valence-corrected chi connectivity index (χ0v) is 15.4. The van der Waals surface area contributed by atoms with Gasteiger partial charge in [0.2, 0.25) is 0 Å². The van der Waals surface area contributed by atoms with Crippen LogP contribution < -0.4 is 9.47 Å². The van der Waals surface area contributed by atoms with E-state index in [0.717, 1.165) is 33.8 Å². The second kappa shape index (κ2) is 9.70. The van der Waals surface area contributed by atoms with E-state index in [1.54, 1.807) is 14.2 Å². The summed E-state index contributed by atoms with van der Waals surface area (Å²) in [7, 11) is 3.36. The first-order valence-corrected chi connectivity index (χ1v) is 8.38. The fraction of sp³-hybridized carbons (Fsp3) is 0.273. The number of rotatable bonds is 8. The molecule has 2 aromatic carbocycles. The first kappa shape index (κ1) is 18.8. The van der Waals surface area contributed by atoms with Crippen LogP contribution in [0, 0.1) is 0 Å². The highest BCUT2D eigenvalue weighted by molar-refractivity contribution is 5.54. The summed E-state index contributed by atoms with van der Waals surface area (Å²) in [5.41, 5.74) is 4.29. The van der Waals surface area contributed by atoms with Crippen molar-refractivity contribution in [2.24, 2.45) is 0 Å². The molecule has 0 atom stereocenters. The van der Waals surface area contributed by atoms with Gasteiger partial charge in [0.1, 0.15) is 11.5 Å². The van der Waals surface area contributed by atoms with Gasteiger partial charge in [-0.15, -0.1) is 0 Å². The SMILES string of the molecule is CC=Cc1ccc(COCc2ccc(C=CC)cc2OC)c(OC)c1. The first-order chi connectivity index (χ1) is 12.2. The number of allylic oxidation sites excluding steroid dienone is 2. The number of methoxy groups -OCH3 is 2. The van der Waals surface area contributed by atoms with E-state index in [1.165, 1.54) is 0 Å². The molecular formula is C22H26O3. The van der Waals surface area contributed by atoms with Crippen molar-refractivity contribution >= 4 is 12.2 Å². The summed E-state index contributed by atoms with van der Waals surface area (Å²) < 4.78 is 16.8. The summed E-state index contributed by atoms with van der Waals surface area (Å²) >= 11 is 0. The summed E-state index contributed by atoms with van der Waals surface area (Å²) in [5, 5.41) is 0. The zero-order chi connectivity index (χ0) is 18.1. The molecule has 132 valence electrons. The highest BCUT2D eigenvalue weighted by Crippen LogP contribution is 2.25. The van der Waals surface area contributed by atoms with Crippen LogP contribution in [0.5, 0.6) is 11.5 Å². The standard InChI is InChI=1S/C22H26O3/c1-5-7-17-9-11-19(21(13-17)23-3)15-25-16-20-12-10-18(8-6-2)14-22(20)24-4/h5-14H,15-16H2,1-4H3. The lowest BCUT2D eigenvalue weighted by Gasteiger charge is -2.12. The summed E-state index contributed by atoms with van der Waals surface area (Å²) in [6, 6.07) is 12.2. The molecule has 3 nitrogen and oxygen atoms in total. The minimum Gasteiger partial charge on any atom is -0.496 e. The normalized spacial score (nSPS) is 11.4. The Morgan fingerprint density at radius 3 is 1.52 bits per heavy atom. The third-order valence-corrected chi connectivity index (χ3v) is 3.86. The zero-order valence-electron chi connectivity index (χ0n) is 15.4. The fourth-order valence-electron chi connectivity index (χ4n) is 2.62. The Kier molecular flexibility index (Phi) is 7.30. The lowest BCUT2D eigenvalue weighted by molar-refractivity contribution is 0.103. The molecule has 2 aromatic rings.